The molecule has 7 heteroatoms. The number of benzene rings is 1. The van der Waals surface area contributed by atoms with Gasteiger partial charge in [0.2, 0.25) is 0 Å². The van der Waals surface area contributed by atoms with E-state index in [9.17, 15) is 4.79 Å². The van der Waals surface area contributed by atoms with Crippen LogP contribution >= 0.6 is 23.2 Å². The second-order valence-corrected chi connectivity index (χ2v) is 8.90. The summed E-state index contributed by atoms with van der Waals surface area (Å²) in [6.45, 7) is 7.10. The monoisotopic (exact) mass is 413 g/mol. The van der Waals surface area contributed by atoms with E-state index in [2.05, 4.69) is 5.32 Å². The topological polar surface area (TPSA) is 50.8 Å². The van der Waals surface area contributed by atoms with Gasteiger partial charge in [0.1, 0.15) is 11.4 Å². The highest BCUT2D eigenvalue weighted by Crippen LogP contribution is 2.45. The number of methoxy groups -OCH3 is 1. The number of nitrogens with zero attached hydrogens (tertiary/aromatic N) is 1. The van der Waals surface area contributed by atoms with Crippen molar-refractivity contribution < 1.29 is 14.3 Å². The molecule has 149 valence electrons. The Morgan fingerprint density at radius 1 is 1.30 bits per heavy atom. The highest BCUT2D eigenvalue weighted by molar-refractivity contribution is 6.42. The third-order valence-electron chi connectivity index (χ3n) is 5.03. The molecule has 5 nitrogen and oxygen atoms in total. The number of hydrogen-bond donors (Lipinski definition) is 1. The molecule has 1 radical (unpaired) electrons. The van der Waals surface area contributed by atoms with Crippen molar-refractivity contribution in [2.24, 2.45) is 0 Å². The Hall–Kier alpha value is -1.17. The molecule has 1 aromatic carbocycles. The lowest BCUT2D eigenvalue weighted by molar-refractivity contribution is 0.0228. The molecule has 0 aromatic heterocycles. The normalized spacial score (nSPS) is 23.7. The smallest absolute Gasteiger partial charge is 0.410 e. The largest absolute Gasteiger partial charge is 0.496 e. The molecule has 2 aliphatic rings. The van der Waals surface area contributed by atoms with Crippen LogP contribution < -0.4 is 10.1 Å². The van der Waals surface area contributed by atoms with Gasteiger partial charge in [-0.25, -0.2) is 4.79 Å². The molecule has 27 heavy (non-hydrogen) atoms. The first-order valence-electron chi connectivity index (χ1n) is 9.32. The van der Waals surface area contributed by atoms with Gasteiger partial charge < -0.3 is 19.7 Å². The maximum Gasteiger partial charge on any atom is 0.410 e. The third-order valence-corrected chi connectivity index (χ3v) is 5.85. The summed E-state index contributed by atoms with van der Waals surface area (Å²) >= 11 is 12.8. The Balaban J connectivity index is 1.91. The van der Waals surface area contributed by atoms with Gasteiger partial charge in [-0.1, -0.05) is 23.2 Å². The number of halogens is 2. The van der Waals surface area contributed by atoms with Gasteiger partial charge in [0, 0.05) is 18.0 Å². The van der Waals surface area contributed by atoms with E-state index >= 15 is 0 Å². The molecule has 2 atom stereocenters. The summed E-state index contributed by atoms with van der Waals surface area (Å²) in [4.78, 5) is 14.7. The minimum Gasteiger partial charge on any atom is -0.496 e. The molecule has 3 rings (SSSR count). The van der Waals surface area contributed by atoms with Crippen molar-refractivity contribution in [3.8, 4) is 5.75 Å². The maximum atomic E-state index is 12.9. The highest BCUT2D eigenvalue weighted by Gasteiger charge is 2.44. The van der Waals surface area contributed by atoms with E-state index in [-0.39, 0.29) is 18.1 Å². The van der Waals surface area contributed by atoms with Crippen LogP contribution in [0, 0.1) is 6.04 Å². The quantitative estimate of drug-likeness (QED) is 0.756. The lowest BCUT2D eigenvalue weighted by Gasteiger charge is -2.31. The average molecular weight is 414 g/mol. The van der Waals surface area contributed by atoms with Crippen LogP contribution in [0.2, 0.25) is 10.0 Å². The van der Waals surface area contributed by atoms with Crippen molar-refractivity contribution in [2.75, 3.05) is 20.2 Å². The lowest BCUT2D eigenvalue weighted by atomic mass is 9.92. The summed E-state index contributed by atoms with van der Waals surface area (Å²) in [5.41, 5.74) is 0.320. The number of hydrogen-bond acceptors (Lipinski definition) is 4. The Labute approximate surface area is 171 Å². The molecule has 2 saturated heterocycles. The minimum atomic E-state index is -0.543. The minimum absolute atomic E-state index is 0.0212. The Morgan fingerprint density at radius 3 is 2.63 bits per heavy atom. The van der Waals surface area contributed by atoms with Crippen molar-refractivity contribution in [2.45, 2.75) is 57.6 Å². The van der Waals surface area contributed by atoms with E-state index in [1.165, 1.54) is 6.04 Å². The zero-order valence-corrected chi connectivity index (χ0v) is 17.8. The van der Waals surface area contributed by atoms with E-state index in [0.29, 0.717) is 22.3 Å². The fraction of sp³-hybridized carbons (Fsp3) is 0.600. The fourth-order valence-electron chi connectivity index (χ4n) is 3.91. The van der Waals surface area contributed by atoms with Gasteiger partial charge in [-0.2, -0.15) is 0 Å². The van der Waals surface area contributed by atoms with Crippen LogP contribution in [-0.2, 0) is 4.74 Å². The van der Waals surface area contributed by atoms with E-state index in [0.717, 1.165) is 31.4 Å². The predicted molar refractivity (Wildman–Crippen MR) is 108 cm³/mol. The van der Waals surface area contributed by atoms with Crippen molar-refractivity contribution in [1.29, 1.82) is 0 Å². The Bertz CT molecular complexity index is 699. The summed E-state index contributed by atoms with van der Waals surface area (Å²) in [5.74, 6) is 0.724. The second-order valence-electron chi connectivity index (χ2n) is 8.11. The zero-order valence-electron chi connectivity index (χ0n) is 16.3. The molecule has 0 spiro atoms. The summed E-state index contributed by atoms with van der Waals surface area (Å²) in [6.07, 6.45) is 2.52. The van der Waals surface area contributed by atoms with Gasteiger partial charge >= 0.3 is 6.09 Å². The van der Waals surface area contributed by atoms with Crippen LogP contribution in [-0.4, -0.2) is 42.8 Å². The molecular formula is C20H27Cl2N2O3. The second kappa shape index (κ2) is 8.06. The number of rotatable bonds is 3. The van der Waals surface area contributed by atoms with E-state index in [1.54, 1.807) is 13.2 Å². The SMILES string of the molecule is COc1ccc(Cl)c(Cl)c1[C@H]1C[C@@H]([C]2CCCN2)N(C(=O)OC(C)(C)C)C1. The number of nitrogens with one attached hydrogen (secondary N) is 1. The molecule has 1 aromatic rings. The molecule has 0 saturated carbocycles. The molecule has 0 unspecified atom stereocenters. The zero-order chi connectivity index (χ0) is 19.8. The summed E-state index contributed by atoms with van der Waals surface area (Å²) in [6, 6.07) is 4.74. The van der Waals surface area contributed by atoms with Gasteiger partial charge in [0.05, 0.1) is 29.2 Å². The van der Waals surface area contributed by atoms with Crippen LogP contribution in [0.15, 0.2) is 12.1 Å². The molecule has 1 amide bonds. The molecule has 2 aliphatic heterocycles. The first-order chi connectivity index (χ1) is 12.7. The van der Waals surface area contributed by atoms with Crippen LogP contribution in [0.4, 0.5) is 4.79 Å². The standard InChI is InChI=1S/C20H27Cl2N2O3/c1-20(2,3)27-19(25)24-11-12(10-15(24)14-6-5-9-23-14)17-16(26-4)8-7-13(21)18(17)22/h7-8,12,15,23H,5-6,9-11H2,1-4H3/t12-,15-/m0/s1. The molecule has 1 N–H and O–H groups in total. The first kappa shape index (κ1) is 20.6. The number of carbonyl (C=O) groups is 1. The van der Waals surface area contributed by atoms with E-state index in [4.69, 9.17) is 32.7 Å². The molecule has 2 heterocycles. The summed E-state index contributed by atoms with van der Waals surface area (Å²) in [5, 5.41) is 4.44. The van der Waals surface area contributed by atoms with Crippen molar-refractivity contribution in [3.63, 3.8) is 0 Å². The summed E-state index contributed by atoms with van der Waals surface area (Å²) < 4.78 is 11.2. The van der Waals surface area contributed by atoms with Crippen LogP contribution in [0.3, 0.4) is 0 Å². The number of likely N-dealkylation sites (tertiary alicyclic amines) is 1. The molecule has 2 fully saturated rings. The number of ether oxygens (including phenoxy) is 2. The average Bonchev–Trinajstić information content (AvgIpc) is 3.24. The first-order valence-corrected chi connectivity index (χ1v) is 10.1. The van der Waals surface area contributed by atoms with Gasteiger partial charge in [-0.05, 0) is 58.7 Å². The lowest BCUT2D eigenvalue weighted by Crippen LogP contribution is -2.44. The Kier molecular flexibility index (Phi) is 6.14. The number of amides is 1. The summed E-state index contributed by atoms with van der Waals surface area (Å²) in [7, 11) is 1.62. The van der Waals surface area contributed by atoms with Crippen molar-refractivity contribution in [3.05, 3.63) is 33.8 Å². The predicted octanol–water partition coefficient (Wildman–Crippen LogP) is 5.01. The van der Waals surface area contributed by atoms with Gasteiger partial charge in [0.25, 0.3) is 0 Å². The van der Waals surface area contributed by atoms with Gasteiger partial charge in [-0.3, -0.25) is 0 Å². The highest BCUT2D eigenvalue weighted by atomic mass is 35.5. The number of carbonyl (C=O) groups excluding carboxylic acids is 1. The Morgan fingerprint density at radius 2 is 2.04 bits per heavy atom. The van der Waals surface area contributed by atoms with Crippen LogP contribution in [0.1, 0.15) is 51.5 Å². The van der Waals surface area contributed by atoms with Crippen molar-refractivity contribution >= 4 is 29.3 Å². The van der Waals surface area contributed by atoms with Crippen LogP contribution in [0.25, 0.3) is 0 Å². The molecular weight excluding hydrogens is 387 g/mol. The third kappa shape index (κ3) is 4.47. The maximum absolute atomic E-state index is 12.9. The molecule has 0 bridgehead atoms. The van der Waals surface area contributed by atoms with Gasteiger partial charge in [-0.15, -0.1) is 0 Å². The van der Waals surface area contributed by atoms with E-state index in [1.807, 2.05) is 31.7 Å². The fourth-order valence-corrected chi connectivity index (χ4v) is 4.38. The van der Waals surface area contributed by atoms with Gasteiger partial charge in [0.15, 0.2) is 0 Å². The molecule has 0 aliphatic carbocycles. The van der Waals surface area contributed by atoms with Crippen molar-refractivity contribution in [1.82, 2.24) is 10.2 Å². The van der Waals surface area contributed by atoms with E-state index < -0.39 is 5.60 Å². The van der Waals surface area contributed by atoms with Crippen LogP contribution in [0.5, 0.6) is 5.75 Å².